The average molecular weight is 317 g/mol. The molecule has 1 atom stereocenters. The van der Waals surface area contributed by atoms with Gasteiger partial charge in [0.1, 0.15) is 0 Å². The Morgan fingerprint density at radius 1 is 1.36 bits per heavy atom. The van der Waals surface area contributed by atoms with E-state index in [0.29, 0.717) is 11.7 Å². The van der Waals surface area contributed by atoms with E-state index in [2.05, 4.69) is 10.3 Å². The average Bonchev–Trinajstić information content (AvgIpc) is 3.00. The summed E-state index contributed by atoms with van der Waals surface area (Å²) in [5, 5.41) is 3.45. The SMILES string of the molecule is CC(C)(C)N1C[C@H](C(=O)Nc2nc3ccccc3s2)CC1=O. The van der Waals surface area contributed by atoms with Crippen molar-refractivity contribution >= 4 is 38.5 Å². The van der Waals surface area contributed by atoms with Crippen LogP contribution < -0.4 is 5.32 Å². The second kappa shape index (κ2) is 5.35. The molecular formula is C16H19N3O2S. The van der Waals surface area contributed by atoms with Crippen molar-refractivity contribution in [3.8, 4) is 0 Å². The standard InChI is InChI=1S/C16H19N3O2S/c1-16(2,3)19-9-10(8-13(19)20)14(21)18-15-17-11-6-4-5-7-12(11)22-15/h4-7,10H,8-9H2,1-3H3,(H,17,18,21)/t10-/m1/s1. The van der Waals surface area contributed by atoms with E-state index >= 15 is 0 Å². The van der Waals surface area contributed by atoms with Crippen LogP contribution in [0.25, 0.3) is 10.2 Å². The van der Waals surface area contributed by atoms with E-state index in [1.165, 1.54) is 11.3 Å². The first-order valence-electron chi connectivity index (χ1n) is 7.31. The molecule has 1 N–H and O–H groups in total. The van der Waals surface area contributed by atoms with Crippen molar-refractivity contribution in [3.05, 3.63) is 24.3 Å². The second-order valence-electron chi connectivity index (χ2n) is 6.55. The molecule has 2 amide bonds. The van der Waals surface area contributed by atoms with Crippen molar-refractivity contribution < 1.29 is 9.59 Å². The fraction of sp³-hybridized carbons (Fsp3) is 0.438. The predicted octanol–water partition coefficient (Wildman–Crippen LogP) is 2.88. The first-order valence-corrected chi connectivity index (χ1v) is 8.13. The maximum atomic E-state index is 12.4. The second-order valence-corrected chi connectivity index (χ2v) is 7.58. The van der Waals surface area contributed by atoms with Gasteiger partial charge in [-0.3, -0.25) is 9.59 Å². The van der Waals surface area contributed by atoms with E-state index < -0.39 is 0 Å². The Kier molecular flexibility index (Phi) is 3.64. The number of para-hydroxylation sites is 1. The van der Waals surface area contributed by atoms with Crippen molar-refractivity contribution in [2.75, 3.05) is 11.9 Å². The summed E-state index contributed by atoms with van der Waals surface area (Å²) in [6.45, 7) is 6.43. The summed E-state index contributed by atoms with van der Waals surface area (Å²) < 4.78 is 1.04. The van der Waals surface area contributed by atoms with E-state index in [9.17, 15) is 9.59 Å². The Labute approximate surface area is 133 Å². The van der Waals surface area contributed by atoms with Gasteiger partial charge in [-0.1, -0.05) is 23.5 Å². The molecule has 1 aliphatic rings. The van der Waals surface area contributed by atoms with Gasteiger partial charge in [-0.25, -0.2) is 4.98 Å². The zero-order valence-corrected chi connectivity index (χ0v) is 13.7. The molecule has 0 aliphatic carbocycles. The molecule has 5 nitrogen and oxygen atoms in total. The third kappa shape index (κ3) is 2.83. The first-order chi connectivity index (χ1) is 10.3. The Morgan fingerprint density at radius 2 is 2.09 bits per heavy atom. The van der Waals surface area contributed by atoms with Crippen LogP contribution in [0, 0.1) is 5.92 Å². The minimum absolute atomic E-state index is 0.0388. The van der Waals surface area contributed by atoms with Gasteiger partial charge in [-0.05, 0) is 32.9 Å². The highest BCUT2D eigenvalue weighted by molar-refractivity contribution is 7.22. The number of hydrogen-bond donors (Lipinski definition) is 1. The number of rotatable bonds is 2. The zero-order valence-electron chi connectivity index (χ0n) is 12.9. The van der Waals surface area contributed by atoms with Gasteiger partial charge in [0.2, 0.25) is 11.8 Å². The lowest BCUT2D eigenvalue weighted by Crippen LogP contribution is -2.42. The van der Waals surface area contributed by atoms with Gasteiger partial charge < -0.3 is 10.2 Å². The minimum atomic E-state index is -0.307. The normalized spacial score (nSPS) is 19.0. The molecule has 116 valence electrons. The van der Waals surface area contributed by atoms with Crippen molar-refractivity contribution in [2.24, 2.45) is 5.92 Å². The summed E-state index contributed by atoms with van der Waals surface area (Å²) in [7, 11) is 0. The highest BCUT2D eigenvalue weighted by Gasteiger charge is 2.39. The monoisotopic (exact) mass is 317 g/mol. The maximum absolute atomic E-state index is 12.4. The molecule has 6 heteroatoms. The minimum Gasteiger partial charge on any atom is -0.337 e. The van der Waals surface area contributed by atoms with Crippen LogP contribution in [0.4, 0.5) is 5.13 Å². The Morgan fingerprint density at radius 3 is 2.73 bits per heavy atom. The fourth-order valence-electron chi connectivity index (χ4n) is 2.66. The molecule has 1 aromatic carbocycles. The van der Waals surface area contributed by atoms with Crippen LogP contribution in [0.3, 0.4) is 0 Å². The van der Waals surface area contributed by atoms with Crippen LogP contribution in [0.15, 0.2) is 24.3 Å². The molecule has 2 aromatic rings. The van der Waals surface area contributed by atoms with Crippen LogP contribution in [-0.4, -0.2) is 33.8 Å². The molecule has 2 heterocycles. The summed E-state index contributed by atoms with van der Waals surface area (Å²) in [6.07, 6.45) is 0.272. The molecule has 0 bridgehead atoms. The van der Waals surface area contributed by atoms with E-state index in [-0.39, 0.29) is 29.7 Å². The van der Waals surface area contributed by atoms with Crippen LogP contribution in [0.1, 0.15) is 27.2 Å². The predicted molar refractivity (Wildman–Crippen MR) is 87.8 cm³/mol. The molecule has 22 heavy (non-hydrogen) atoms. The van der Waals surface area contributed by atoms with Crippen LogP contribution >= 0.6 is 11.3 Å². The molecule has 1 saturated heterocycles. The number of carbonyl (C=O) groups excluding carboxylic acids is 2. The summed E-state index contributed by atoms with van der Waals surface area (Å²) >= 11 is 1.45. The van der Waals surface area contributed by atoms with Crippen molar-refractivity contribution in [1.29, 1.82) is 0 Å². The quantitative estimate of drug-likeness (QED) is 0.926. The Balaban J connectivity index is 1.71. The third-order valence-electron chi connectivity index (χ3n) is 3.83. The van der Waals surface area contributed by atoms with Crippen molar-refractivity contribution in [2.45, 2.75) is 32.7 Å². The van der Waals surface area contributed by atoms with Crippen LogP contribution in [0.5, 0.6) is 0 Å². The van der Waals surface area contributed by atoms with Crippen LogP contribution in [0.2, 0.25) is 0 Å². The van der Waals surface area contributed by atoms with Crippen molar-refractivity contribution in [3.63, 3.8) is 0 Å². The number of thiazole rings is 1. The van der Waals surface area contributed by atoms with Crippen molar-refractivity contribution in [1.82, 2.24) is 9.88 Å². The number of aromatic nitrogens is 1. The largest absolute Gasteiger partial charge is 0.337 e. The molecule has 1 aliphatic heterocycles. The highest BCUT2D eigenvalue weighted by Crippen LogP contribution is 2.29. The summed E-state index contributed by atoms with van der Waals surface area (Å²) in [4.78, 5) is 30.6. The van der Waals surface area contributed by atoms with E-state index in [1.807, 2.05) is 45.0 Å². The Hall–Kier alpha value is -1.95. The maximum Gasteiger partial charge on any atom is 0.231 e. The summed E-state index contributed by atoms with van der Waals surface area (Å²) in [5.41, 5.74) is 0.628. The van der Waals surface area contributed by atoms with Gasteiger partial charge in [0, 0.05) is 18.5 Å². The smallest absolute Gasteiger partial charge is 0.231 e. The van der Waals surface area contributed by atoms with E-state index in [1.54, 1.807) is 4.90 Å². The number of hydrogen-bond acceptors (Lipinski definition) is 4. The zero-order chi connectivity index (χ0) is 15.9. The van der Waals surface area contributed by atoms with Crippen LogP contribution in [-0.2, 0) is 9.59 Å². The molecule has 0 spiro atoms. The molecule has 0 unspecified atom stereocenters. The number of amides is 2. The summed E-state index contributed by atoms with van der Waals surface area (Å²) in [5.74, 6) is -0.394. The number of nitrogens with one attached hydrogen (secondary N) is 1. The molecule has 1 fully saturated rings. The van der Waals surface area contributed by atoms with E-state index in [0.717, 1.165) is 10.2 Å². The van der Waals surface area contributed by atoms with Gasteiger partial charge in [0.15, 0.2) is 5.13 Å². The lowest BCUT2D eigenvalue weighted by Gasteiger charge is -2.31. The van der Waals surface area contributed by atoms with Gasteiger partial charge >= 0.3 is 0 Å². The first kappa shape index (κ1) is 15.0. The molecule has 0 radical (unpaired) electrons. The van der Waals surface area contributed by atoms with E-state index in [4.69, 9.17) is 0 Å². The number of carbonyl (C=O) groups is 2. The molecule has 1 aromatic heterocycles. The number of benzene rings is 1. The molecule has 3 rings (SSSR count). The fourth-order valence-corrected chi connectivity index (χ4v) is 3.53. The molecule has 0 saturated carbocycles. The third-order valence-corrected chi connectivity index (χ3v) is 4.78. The van der Waals surface area contributed by atoms with Gasteiger partial charge in [0.05, 0.1) is 16.1 Å². The highest BCUT2D eigenvalue weighted by atomic mass is 32.1. The Bertz CT molecular complexity index is 699. The summed E-state index contributed by atoms with van der Waals surface area (Å²) in [6, 6.07) is 7.76. The molecular weight excluding hydrogens is 298 g/mol. The number of nitrogens with zero attached hydrogens (tertiary/aromatic N) is 2. The van der Waals surface area contributed by atoms with Gasteiger partial charge in [-0.2, -0.15) is 0 Å². The lowest BCUT2D eigenvalue weighted by molar-refractivity contribution is -0.131. The topological polar surface area (TPSA) is 62.3 Å². The number of likely N-dealkylation sites (tertiary alicyclic amines) is 1. The van der Waals surface area contributed by atoms with Gasteiger partial charge in [0.25, 0.3) is 0 Å². The lowest BCUT2D eigenvalue weighted by atomic mass is 10.1. The number of anilines is 1. The van der Waals surface area contributed by atoms with Gasteiger partial charge in [-0.15, -0.1) is 0 Å². The number of fused-ring (bicyclic) bond motifs is 1.